The second-order valence-electron chi connectivity index (χ2n) is 8.05. The molecule has 1 aromatic carbocycles. The number of rotatable bonds is 8. The molecule has 2 heterocycles. The van der Waals surface area contributed by atoms with Crippen molar-refractivity contribution in [3.05, 3.63) is 47.7 Å². The standard InChI is InChI=1S/C23H27N3O4/c1-15-4-3-5-21(24-15)25-22(27)13-26-12-18(11-23(26)28)17-8-9-19(29-2)20(10-17)30-14-16-6-7-16/h3-5,8-10,16,18H,6-7,11-14H2,1-2H3,(H,24,25,27)/t18-/m1/s1. The molecule has 2 amide bonds. The molecule has 4 rings (SSSR count). The molecule has 158 valence electrons. The van der Waals surface area contributed by atoms with Gasteiger partial charge in [0.25, 0.3) is 0 Å². The second kappa shape index (κ2) is 8.73. The third-order valence-electron chi connectivity index (χ3n) is 5.54. The van der Waals surface area contributed by atoms with E-state index in [-0.39, 0.29) is 24.3 Å². The lowest BCUT2D eigenvalue weighted by Crippen LogP contribution is -2.34. The van der Waals surface area contributed by atoms with E-state index in [1.165, 1.54) is 12.8 Å². The summed E-state index contributed by atoms with van der Waals surface area (Å²) in [6, 6.07) is 11.3. The van der Waals surface area contributed by atoms with Crippen LogP contribution in [0.5, 0.6) is 11.5 Å². The van der Waals surface area contributed by atoms with Crippen molar-refractivity contribution in [1.82, 2.24) is 9.88 Å². The van der Waals surface area contributed by atoms with Crippen molar-refractivity contribution in [2.75, 3.05) is 32.1 Å². The Labute approximate surface area is 176 Å². The fourth-order valence-corrected chi connectivity index (χ4v) is 3.67. The number of anilines is 1. The van der Waals surface area contributed by atoms with Crippen LogP contribution in [0.25, 0.3) is 0 Å². The number of likely N-dealkylation sites (tertiary alicyclic amines) is 1. The van der Waals surface area contributed by atoms with Crippen molar-refractivity contribution in [3.63, 3.8) is 0 Å². The first kappa shape index (κ1) is 20.2. The number of aromatic nitrogens is 1. The topological polar surface area (TPSA) is 80.8 Å². The highest BCUT2D eigenvalue weighted by atomic mass is 16.5. The van der Waals surface area contributed by atoms with E-state index in [4.69, 9.17) is 9.47 Å². The molecule has 0 bridgehead atoms. The first-order valence-corrected chi connectivity index (χ1v) is 10.3. The Bertz CT molecular complexity index is 942. The van der Waals surface area contributed by atoms with E-state index in [1.54, 1.807) is 18.1 Å². The van der Waals surface area contributed by atoms with Gasteiger partial charge in [-0.15, -0.1) is 0 Å². The highest BCUT2D eigenvalue weighted by Crippen LogP contribution is 2.36. The van der Waals surface area contributed by atoms with Gasteiger partial charge < -0.3 is 19.7 Å². The van der Waals surface area contributed by atoms with E-state index in [0.29, 0.717) is 37.1 Å². The molecule has 0 radical (unpaired) electrons. The summed E-state index contributed by atoms with van der Waals surface area (Å²) in [5.41, 5.74) is 1.85. The maximum absolute atomic E-state index is 12.5. The quantitative estimate of drug-likeness (QED) is 0.724. The van der Waals surface area contributed by atoms with E-state index in [2.05, 4.69) is 10.3 Å². The van der Waals surface area contributed by atoms with Gasteiger partial charge in [-0.2, -0.15) is 0 Å². The maximum Gasteiger partial charge on any atom is 0.245 e. The minimum atomic E-state index is -0.245. The highest BCUT2D eigenvalue weighted by Gasteiger charge is 2.32. The van der Waals surface area contributed by atoms with Gasteiger partial charge in [0, 0.05) is 24.6 Å². The van der Waals surface area contributed by atoms with E-state index in [1.807, 2.05) is 37.3 Å². The van der Waals surface area contributed by atoms with Crippen LogP contribution in [0.2, 0.25) is 0 Å². The lowest BCUT2D eigenvalue weighted by Gasteiger charge is -2.17. The molecule has 7 heteroatoms. The number of carbonyl (C=O) groups excluding carboxylic acids is 2. The summed E-state index contributed by atoms with van der Waals surface area (Å²) in [4.78, 5) is 30.8. The first-order chi connectivity index (χ1) is 14.5. The Kier molecular flexibility index (Phi) is 5.88. The van der Waals surface area contributed by atoms with Crippen LogP contribution in [0, 0.1) is 12.8 Å². The van der Waals surface area contributed by atoms with E-state index < -0.39 is 0 Å². The molecule has 0 spiro atoms. The number of pyridine rings is 1. The smallest absolute Gasteiger partial charge is 0.245 e. The predicted molar refractivity (Wildman–Crippen MR) is 113 cm³/mol. The summed E-state index contributed by atoms with van der Waals surface area (Å²) in [5, 5.41) is 2.76. The zero-order chi connectivity index (χ0) is 21.1. The third-order valence-corrected chi connectivity index (χ3v) is 5.54. The minimum absolute atomic E-state index is 0.0200. The molecule has 1 saturated carbocycles. The number of hydrogen-bond acceptors (Lipinski definition) is 5. The van der Waals surface area contributed by atoms with Gasteiger partial charge in [0.1, 0.15) is 5.82 Å². The first-order valence-electron chi connectivity index (χ1n) is 10.3. The van der Waals surface area contributed by atoms with Gasteiger partial charge in [-0.1, -0.05) is 12.1 Å². The maximum atomic E-state index is 12.5. The Morgan fingerprint density at radius 2 is 2.07 bits per heavy atom. The van der Waals surface area contributed by atoms with Crippen LogP contribution in [0.15, 0.2) is 36.4 Å². The van der Waals surface area contributed by atoms with Crippen LogP contribution < -0.4 is 14.8 Å². The summed E-state index contributed by atoms with van der Waals surface area (Å²) in [6.07, 6.45) is 2.81. The van der Waals surface area contributed by atoms with Crippen LogP contribution in [-0.4, -0.2) is 48.5 Å². The van der Waals surface area contributed by atoms with Crippen molar-refractivity contribution < 1.29 is 19.1 Å². The Morgan fingerprint density at radius 3 is 2.80 bits per heavy atom. The molecule has 2 aliphatic rings. The monoisotopic (exact) mass is 409 g/mol. The van der Waals surface area contributed by atoms with Gasteiger partial charge in [-0.05, 0) is 55.5 Å². The summed E-state index contributed by atoms with van der Waals surface area (Å²) in [7, 11) is 1.63. The number of nitrogens with one attached hydrogen (secondary N) is 1. The summed E-state index contributed by atoms with van der Waals surface area (Å²) >= 11 is 0. The van der Waals surface area contributed by atoms with Crippen molar-refractivity contribution in [2.24, 2.45) is 5.92 Å². The zero-order valence-corrected chi connectivity index (χ0v) is 17.4. The Morgan fingerprint density at radius 1 is 1.23 bits per heavy atom. The molecule has 1 aliphatic heterocycles. The number of amides is 2. The van der Waals surface area contributed by atoms with Crippen molar-refractivity contribution in [2.45, 2.75) is 32.1 Å². The molecule has 1 N–H and O–H groups in total. The number of ether oxygens (including phenoxy) is 2. The second-order valence-corrected chi connectivity index (χ2v) is 8.05. The normalized spacial score (nSPS) is 18.4. The molecule has 1 saturated heterocycles. The highest BCUT2D eigenvalue weighted by molar-refractivity contribution is 5.94. The molecular weight excluding hydrogens is 382 g/mol. The number of benzene rings is 1. The van der Waals surface area contributed by atoms with Gasteiger partial charge in [-0.25, -0.2) is 4.98 Å². The van der Waals surface area contributed by atoms with Gasteiger partial charge >= 0.3 is 0 Å². The lowest BCUT2D eigenvalue weighted by atomic mass is 9.98. The van der Waals surface area contributed by atoms with Gasteiger partial charge in [0.05, 0.1) is 20.3 Å². The number of nitrogens with zero attached hydrogens (tertiary/aromatic N) is 2. The minimum Gasteiger partial charge on any atom is -0.493 e. The molecular formula is C23H27N3O4. The van der Waals surface area contributed by atoms with Crippen molar-refractivity contribution in [1.29, 1.82) is 0 Å². The number of hydrogen-bond donors (Lipinski definition) is 1. The van der Waals surface area contributed by atoms with Crippen LogP contribution in [-0.2, 0) is 9.59 Å². The Hall–Kier alpha value is -3.09. The van der Waals surface area contributed by atoms with Gasteiger partial charge in [-0.3, -0.25) is 9.59 Å². The molecule has 0 unspecified atom stereocenters. The SMILES string of the molecule is COc1ccc([C@@H]2CC(=O)N(CC(=O)Nc3cccc(C)n3)C2)cc1OCC1CC1. The van der Waals surface area contributed by atoms with Crippen LogP contribution in [0.3, 0.4) is 0 Å². The van der Waals surface area contributed by atoms with Crippen molar-refractivity contribution >= 4 is 17.6 Å². The number of carbonyl (C=O) groups is 2. The van der Waals surface area contributed by atoms with Crippen LogP contribution >= 0.6 is 0 Å². The average Bonchev–Trinajstić information content (AvgIpc) is 3.48. The number of methoxy groups -OCH3 is 1. The third kappa shape index (κ3) is 4.90. The largest absolute Gasteiger partial charge is 0.493 e. The van der Waals surface area contributed by atoms with Crippen molar-refractivity contribution in [3.8, 4) is 11.5 Å². The van der Waals surface area contributed by atoms with E-state index in [0.717, 1.165) is 17.0 Å². The van der Waals surface area contributed by atoms with E-state index >= 15 is 0 Å². The molecule has 1 aliphatic carbocycles. The molecule has 30 heavy (non-hydrogen) atoms. The van der Waals surface area contributed by atoms with Crippen LogP contribution in [0.4, 0.5) is 5.82 Å². The average molecular weight is 409 g/mol. The molecule has 2 aromatic rings. The Balaban J connectivity index is 1.38. The fraction of sp³-hybridized carbons (Fsp3) is 0.435. The lowest BCUT2D eigenvalue weighted by molar-refractivity contribution is -0.131. The molecule has 1 aromatic heterocycles. The molecule has 1 atom stereocenters. The van der Waals surface area contributed by atoms with Gasteiger partial charge in [0.15, 0.2) is 11.5 Å². The van der Waals surface area contributed by atoms with E-state index in [9.17, 15) is 9.59 Å². The zero-order valence-electron chi connectivity index (χ0n) is 17.4. The summed E-state index contributed by atoms with van der Waals surface area (Å²) in [6.45, 7) is 3.08. The number of aryl methyl sites for hydroxylation is 1. The molecule has 2 fully saturated rings. The summed E-state index contributed by atoms with van der Waals surface area (Å²) < 4.78 is 11.4. The van der Waals surface area contributed by atoms with Crippen LogP contribution in [0.1, 0.15) is 36.4 Å². The molecule has 7 nitrogen and oxygen atoms in total. The summed E-state index contributed by atoms with van der Waals surface area (Å²) in [5.74, 6) is 2.31. The fourth-order valence-electron chi connectivity index (χ4n) is 3.67. The predicted octanol–water partition coefficient (Wildman–Crippen LogP) is 3.14. The van der Waals surface area contributed by atoms with Gasteiger partial charge in [0.2, 0.25) is 11.8 Å².